The molecule has 10 heavy (non-hydrogen) atoms. The maximum absolute atomic E-state index is 8.25. The van der Waals surface area contributed by atoms with E-state index in [1.54, 1.807) is 0 Å². The molecular weight excluding hydrogens is 322 g/mol. The Hall–Kier alpha value is 0.0883. The zero-order chi connectivity index (χ0) is 7.15. The van der Waals surface area contributed by atoms with Gasteiger partial charge in [0.1, 0.15) is 0 Å². The summed E-state index contributed by atoms with van der Waals surface area (Å²) < 4.78 is 0. The van der Waals surface area contributed by atoms with Gasteiger partial charge in [0.15, 0.2) is 0 Å². The van der Waals surface area contributed by atoms with Gasteiger partial charge in [-0.15, -0.1) is 0 Å². The summed E-state index contributed by atoms with van der Waals surface area (Å²) in [5.41, 5.74) is 0. The van der Waals surface area contributed by atoms with Crippen LogP contribution in [0.2, 0.25) is 0 Å². The molecular formula is LaN2NiO6. The van der Waals surface area contributed by atoms with E-state index in [0.29, 0.717) is 0 Å². The van der Waals surface area contributed by atoms with Crippen molar-refractivity contribution in [1.82, 2.24) is 0 Å². The molecule has 0 spiro atoms. The standard InChI is InChI=1S/La.2NO3.Ni/c;2*2-1(3)4;/q;2*-1;+2. The topological polar surface area (TPSA) is 132 Å². The normalized spacial score (nSPS) is 4.80. The molecule has 0 aromatic heterocycles. The minimum atomic E-state index is -1.75. The van der Waals surface area contributed by atoms with E-state index in [2.05, 4.69) is 0 Å². The van der Waals surface area contributed by atoms with Gasteiger partial charge in [-0.05, 0) is 0 Å². The average molecular weight is 322 g/mol. The average Bonchev–Trinajstić information content (AvgIpc) is 1.25. The summed E-state index contributed by atoms with van der Waals surface area (Å²) in [6.45, 7) is 0. The van der Waals surface area contributed by atoms with E-state index in [9.17, 15) is 0 Å². The van der Waals surface area contributed by atoms with Gasteiger partial charge >= 0.3 is 16.5 Å². The van der Waals surface area contributed by atoms with Crippen molar-refractivity contribution < 1.29 is 62.3 Å². The van der Waals surface area contributed by atoms with Crippen LogP contribution in [0.5, 0.6) is 0 Å². The third-order valence-corrected chi connectivity index (χ3v) is 0. The van der Waals surface area contributed by atoms with E-state index in [1.165, 1.54) is 0 Å². The maximum atomic E-state index is 8.25. The minimum absolute atomic E-state index is 0. The maximum Gasteiger partial charge on any atom is 2.00 e. The number of nitrogens with zero attached hydrogens (tertiary/aromatic N) is 2. The molecule has 0 unspecified atom stereocenters. The zero-order valence-corrected chi connectivity index (χ0v) is 8.85. The van der Waals surface area contributed by atoms with Gasteiger partial charge in [-0.2, -0.15) is 0 Å². The molecule has 59 valence electrons. The van der Waals surface area contributed by atoms with Crippen LogP contribution < -0.4 is 0 Å². The van der Waals surface area contributed by atoms with Gasteiger partial charge < -0.3 is 30.6 Å². The summed E-state index contributed by atoms with van der Waals surface area (Å²) in [7, 11) is 0. The Labute approximate surface area is 92.3 Å². The molecule has 0 atom stereocenters. The fraction of sp³-hybridized carbons (Fsp3) is 0. The fourth-order valence-electron chi connectivity index (χ4n) is 0. The smallest absolute Gasteiger partial charge is 0.356 e. The van der Waals surface area contributed by atoms with Crippen molar-refractivity contribution in [2.45, 2.75) is 0 Å². The third kappa shape index (κ3) is 52100. The van der Waals surface area contributed by atoms with Gasteiger partial charge in [-0.25, -0.2) is 0 Å². The monoisotopic (exact) mass is 321 g/mol. The van der Waals surface area contributed by atoms with E-state index in [0.717, 1.165) is 0 Å². The Bertz CT molecular complexity index is 73.7. The van der Waals surface area contributed by atoms with Crippen molar-refractivity contribution in [2.75, 3.05) is 0 Å². The van der Waals surface area contributed by atoms with Crippen LogP contribution in [0.1, 0.15) is 0 Å². The van der Waals surface area contributed by atoms with Crippen LogP contribution in [-0.4, -0.2) is 10.2 Å². The van der Waals surface area contributed by atoms with E-state index >= 15 is 0 Å². The molecule has 0 aliphatic rings. The van der Waals surface area contributed by atoms with Crippen LogP contribution in [-0.2, 0) is 16.5 Å². The van der Waals surface area contributed by atoms with E-state index < -0.39 is 10.2 Å². The predicted octanol–water partition coefficient (Wildman–Crippen LogP) is -0.481. The van der Waals surface area contributed by atoms with Gasteiger partial charge in [-0.1, -0.05) is 0 Å². The van der Waals surface area contributed by atoms with Crippen LogP contribution in [0.25, 0.3) is 0 Å². The van der Waals surface area contributed by atoms with Crippen molar-refractivity contribution in [3.63, 3.8) is 0 Å². The van der Waals surface area contributed by atoms with Crippen molar-refractivity contribution in [2.24, 2.45) is 0 Å². The largest absolute Gasteiger partial charge is 2.00 e. The second-order valence-corrected chi connectivity index (χ2v) is 0.447. The summed E-state index contributed by atoms with van der Waals surface area (Å²) in [5, 5.41) is 29.5. The minimum Gasteiger partial charge on any atom is -0.356 e. The molecule has 0 fully saturated rings. The summed E-state index contributed by atoms with van der Waals surface area (Å²) in [5.74, 6) is 0. The van der Waals surface area contributed by atoms with Gasteiger partial charge in [-0.3, -0.25) is 0 Å². The molecule has 0 heterocycles. The first-order chi connectivity index (χ1) is 3.46. The zero-order valence-electron chi connectivity index (χ0n) is 4.24. The van der Waals surface area contributed by atoms with Crippen LogP contribution in [0.15, 0.2) is 0 Å². The quantitative estimate of drug-likeness (QED) is 0.336. The molecule has 0 saturated heterocycles. The molecule has 0 aliphatic carbocycles. The molecule has 0 bridgehead atoms. The Morgan fingerprint density at radius 2 is 0.800 bits per heavy atom. The third-order valence-electron chi connectivity index (χ3n) is 0. The number of hydrogen-bond acceptors (Lipinski definition) is 6. The number of hydrogen-bond donors (Lipinski definition) is 0. The molecule has 0 rings (SSSR count). The molecule has 0 aliphatic heterocycles. The summed E-state index contributed by atoms with van der Waals surface area (Å²) >= 11 is 0. The first-order valence-corrected chi connectivity index (χ1v) is 1.10. The van der Waals surface area contributed by atoms with E-state index in [4.69, 9.17) is 30.6 Å². The van der Waals surface area contributed by atoms with Gasteiger partial charge in [0.2, 0.25) is 0 Å². The van der Waals surface area contributed by atoms with E-state index in [-0.39, 0.29) is 52.1 Å². The van der Waals surface area contributed by atoms with Crippen molar-refractivity contribution >= 4 is 0 Å². The van der Waals surface area contributed by atoms with E-state index in [1.807, 2.05) is 0 Å². The molecule has 8 nitrogen and oxygen atoms in total. The van der Waals surface area contributed by atoms with Crippen LogP contribution in [0.4, 0.5) is 0 Å². The van der Waals surface area contributed by atoms with Gasteiger partial charge in [0.05, 0.1) is 10.2 Å². The summed E-state index contributed by atoms with van der Waals surface area (Å²) in [4.78, 5) is 16.5. The molecule has 0 aromatic rings. The van der Waals surface area contributed by atoms with Crippen LogP contribution in [0.3, 0.4) is 0 Å². The Morgan fingerprint density at radius 3 is 0.800 bits per heavy atom. The fourth-order valence-corrected chi connectivity index (χ4v) is 0. The Kier molecular flexibility index (Phi) is 36.1. The summed E-state index contributed by atoms with van der Waals surface area (Å²) in [6.07, 6.45) is 0. The van der Waals surface area contributed by atoms with Crippen molar-refractivity contribution in [1.29, 1.82) is 0 Å². The molecule has 0 saturated carbocycles. The Morgan fingerprint density at radius 1 is 0.800 bits per heavy atom. The first kappa shape index (κ1) is 22.5. The number of rotatable bonds is 0. The molecule has 0 N–H and O–H groups in total. The molecule has 10 heteroatoms. The van der Waals surface area contributed by atoms with Crippen LogP contribution >= 0.6 is 0 Å². The van der Waals surface area contributed by atoms with Gasteiger partial charge in [0, 0.05) is 35.6 Å². The van der Waals surface area contributed by atoms with Crippen LogP contribution in [0, 0.1) is 66.2 Å². The van der Waals surface area contributed by atoms with Gasteiger partial charge in [0.25, 0.3) is 0 Å². The van der Waals surface area contributed by atoms with Crippen molar-refractivity contribution in [3.8, 4) is 0 Å². The van der Waals surface area contributed by atoms with Crippen molar-refractivity contribution in [3.05, 3.63) is 30.6 Å². The molecule has 0 aromatic carbocycles. The molecule has 1 radical (unpaired) electrons. The SMILES string of the molecule is O=[N+]([O-])[O-].O=[N+]([O-])[O-].[La].[Ni+2]. The second kappa shape index (κ2) is 16.0. The molecule has 0 amide bonds. The Balaban J connectivity index is -0.0000000300. The predicted molar refractivity (Wildman–Crippen MR) is 20.7 cm³/mol. The second-order valence-electron chi connectivity index (χ2n) is 0.447. The first-order valence-electron chi connectivity index (χ1n) is 1.10. The summed E-state index contributed by atoms with van der Waals surface area (Å²) in [6, 6.07) is 0.